The lowest BCUT2D eigenvalue weighted by Crippen LogP contribution is -2.38. The first kappa shape index (κ1) is 13.4. The van der Waals surface area contributed by atoms with Crippen molar-refractivity contribution in [2.75, 3.05) is 13.7 Å². The molecule has 18 heavy (non-hydrogen) atoms. The van der Waals surface area contributed by atoms with Gasteiger partial charge in [-0.3, -0.25) is 0 Å². The number of hydrogen-bond acceptors (Lipinski definition) is 3. The second-order valence-electron chi connectivity index (χ2n) is 5.22. The van der Waals surface area contributed by atoms with Gasteiger partial charge in [0.1, 0.15) is 11.4 Å². The van der Waals surface area contributed by atoms with Gasteiger partial charge in [0.2, 0.25) is 0 Å². The summed E-state index contributed by atoms with van der Waals surface area (Å²) >= 11 is 0. The Morgan fingerprint density at radius 1 is 1.44 bits per heavy atom. The second kappa shape index (κ2) is 5.29. The highest BCUT2D eigenvalue weighted by Crippen LogP contribution is 2.30. The van der Waals surface area contributed by atoms with Gasteiger partial charge in [0.05, 0.1) is 7.11 Å². The molecule has 1 aliphatic rings. The Labute approximate surface area is 109 Å². The Kier molecular flexibility index (Phi) is 3.93. The molecular weight excluding hydrogens is 226 g/mol. The fraction of sp³-hybridized carbons (Fsp3) is 0.600. The molecule has 0 bridgehead atoms. The van der Waals surface area contributed by atoms with Crippen molar-refractivity contribution in [2.45, 2.75) is 44.8 Å². The minimum Gasteiger partial charge on any atom is -0.496 e. The average molecular weight is 249 g/mol. The number of aliphatic hydroxyl groups is 1. The molecule has 1 saturated carbocycles. The Bertz CT molecular complexity index is 415. The lowest BCUT2D eigenvalue weighted by Gasteiger charge is -2.28. The summed E-state index contributed by atoms with van der Waals surface area (Å²) in [7, 11) is 1.67. The highest BCUT2D eigenvalue weighted by atomic mass is 16.5. The van der Waals surface area contributed by atoms with Crippen LogP contribution in [-0.4, -0.2) is 24.8 Å². The van der Waals surface area contributed by atoms with Gasteiger partial charge in [-0.1, -0.05) is 13.0 Å². The van der Waals surface area contributed by atoms with Crippen molar-refractivity contribution in [2.24, 2.45) is 0 Å². The van der Waals surface area contributed by atoms with Crippen LogP contribution in [0, 0.1) is 6.92 Å². The molecule has 1 fully saturated rings. The number of rotatable bonds is 6. The van der Waals surface area contributed by atoms with E-state index in [0.717, 1.165) is 16.9 Å². The number of aryl methyl sites for hydroxylation is 1. The smallest absolute Gasteiger partial charge is 0.121 e. The normalized spacial score (nSPS) is 18.4. The van der Waals surface area contributed by atoms with E-state index in [2.05, 4.69) is 5.32 Å². The molecule has 2 N–H and O–H groups in total. The van der Waals surface area contributed by atoms with Gasteiger partial charge in [0, 0.05) is 12.6 Å². The SMILES string of the molecule is CCC(O)(CNC1CC1)c1ccc(OC)c(C)c1. The third-order valence-electron chi connectivity index (χ3n) is 3.78. The molecule has 2 rings (SSSR count). The van der Waals surface area contributed by atoms with E-state index >= 15 is 0 Å². The Morgan fingerprint density at radius 3 is 2.67 bits per heavy atom. The quantitative estimate of drug-likeness (QED) is 0.813. The van der Waals surface area contributed by atoms with Gasteiger partial charge in [0.15, 0.2) is 0 Å². The minimum absolute atomic E-state index is 0.613. The average Bonchev–Trinajstić information content (AvgIpc) is 3.20. The van der Waals surface area contributed by atoms with E-state index in [-0.39, 0.29) is 0 Å². The lowest BCUT2D eigenvalue weighted by atomic mass is 9.89. The van der Waals surface area contributed by atoms with Gasteiger partial charge in [-0.25, -0.2) is 0 Å². The Morgan fingerprint density at radius 2 is 2.17 bits per heavy atom. The number of ether oxygens (including phenoxy) is 1. The van der Waals surface area contributed by atoms with E-state index in [1.54, 1.807) is 7.11 Å². The van der Waals surface area contributed by atoms with Crippen LogP contribution in [0.3, 0.4) is 0 Å². The number of nitrogens with one attached hydrogen (secondary N) is 1. The zero-order valence-corrected chi connectivity index (χ0v) is 11.5. The molecule has 0 aromatic heterocycles. The molecule has 0 heterocycles. The van der Waals surface area contributed by atoms with Crippen molar-refractivity contribution in [1.29, 1.82) is 0 Å². The summed E-state index contributed by atoms with van der Waals surface area (Å²) in [5.74, 6) is 0.868. The lowest BCUT2D eigenvalue weighted by molar-refractivity contribution is 0.0322. The minimum atomic E-state index is -0.778. The molecule has 0 amide bonds. The molecule has 1 unspecified atom stereocenters. The monoisotopic (exact) mass is 249 g/mol. The van der Waals surface area contributed by atoms with Gasteiger partial charge >= 0.3 is 0 Å². The maximum absolute atomic E-state index is 10.8. The van der Waals surface area contributed by atoms with E-state index in [9.17, 15) is 5.11 Å². The highest BCUT2D eigenvalue weighted by Gasteiger charge is 2.30. The van der Waals surface area contributed by atoms with Crippen molar-refractivity contribution >= 4 is 0 Å². The van der Waals surface area contributed by atoms with Crippen LogP contribution in [0.15, 0.2) is 18.2 Å². The molecule has 1 aliphatic carbocycles. The predicted molar refractivity (Wildman–Crippen MR) is 72.9 cm³/mol. The van der Waals surface area contributed by atoms with Crippen LogP contribution in [-0.2, 0) is 5.60 Å². The third-order valence-corrected chi connectivity index (χ3v) is 3.78. The van der Waals surface area contributed by atoms with E-state index in [0.29, 0.717) is 19.0 Å². The van der Waals surface area contributed by atoms with Crippen LogP contribution < -0.4 is 10.1 Å². The predicted octanol–water partition coefficient (Wildman–Crippen LogP) is 2.35. The first-order valence-corrected chi connectivity index (χ1v) is 6.70. The third kappa shape index (κ3) is 2.85. The molecule has 0 aliphatic heterocycles. The molecule has 1 aromatic carbocycles. The first-order chi connectivity index (χ1) is 8.59. The van der Waals surface area contributed by atoms with Crippen molar-refractivity contribution in [1.82, 2.24) is 5.32 Å². The molecule has 0 spiro atoms. The Hall–Kier alpha value is -1.06. The number of hydrogen-bond donors (Lipinski definition) is 2. The fourth-order valence-corrected chi connectivity index (χ4v) is 2.20. The van der Waals surface area contributed by atoms with E-state index < -0.39 is 5.60 Å². The van der Waals surface area contributed by atoms with Crippen molar-refractivity contribution in [3.63, 3.8) is 0 Å². The zero-order chi connectivity index (χ0) is 13.2. The van der Waals surface area contributed by atoms with Crippen LogP contribution in [0.25, 0.3) is 0 Å². The second-order valence-corrected chi connectivity index (χ2v) is 5.22. The molecular formula is C15H23NO2. The fourth-order valence-electron chi connectivity index (χ4n) is 2.20. The first-order valence-electron chi connectivity index (χ1n) is 6.70. The standard InChI is InChI=1S/C15H23NO2/c1-4-15(17,10-16-13-6-7-13)12-5-8-14(18-3)11(2)9-12/h5,8-9,13,16-17H,4,6-7,10H2,1-3H3. The molecule has 1 aromatic rings. The zero-order valence-electron chi connectivity index (χ0n) is 11.5. The summed E-state index contributed by atoms with van der Waals surface area (Å²) in [6, 6.07) is 6.53. The molecule has 100 valence electrons. The number of methoxy groups -OCH3 is 1. The summed E-state index contributed by atoms with van der Waals surface area (Å²) < 4.78 is 5.26. The maximum atomic E-state index is 10.8. The van der Waals surface area contributed by atoms with Crippen LogP contribution in [0.5, 0.6) is 5.75 Å². The van der Waals surface area contributed by atoms with Crippen LogP contribution in [0.4, 0.5) is 0 Å². The van der Waals surface area contributed by atoms with Gasteiger partial charge in [-0.2, -0.15) is 0 Å². The van der Waals surface area contributed by atoms with Gasteiger partial charge < -0.3 is 15.2 Å². The van der Waals surface area contributed by atoms with E-state index in [4.69, 9.17) is 4.74 Å². The molecule has 3 heteroatoms. The van der Waals surface area contributed by atoms with Crippen molar-refractivity contribution in [3.8, 4) is 5.75 Å². The molecule has 1 atom stereocenters. The van der Waals surface area contributed by atoms with Crippen molar-refractivity contribution < 1.29 is 9.84 Å². The summed E-state index contributed by atoms with van der Waals surface area (Å²) in [6.07, 6.45) is 3.18. The molecule has 3 nitrogen and oxygen atoms in total. The Balaban J connectivity index is 2.16. The summed E-state index contributed by atoms with van der Waals surface area (Å²) in [4.78, 5) is 0. The van der Waals surface area contributed by atoms with Gasteiger partial charge in [-0.05, 0) is 49.4 Å². The van der Waals surface area contributed by atoms with Gasteiger partial charge in [0.25, 0.3) is 0 Å². The summed E-state index contributed by atoms with van der Waals surface area (Å²) in [5.41, 5.74) is 1.25. The summed E-state index contributed by atoms with van der Waals surface area (Å²) in [5, 5.41) is 14.2. The van der Waals surface area contributed by atoms with E-state index in [1.165, 1.54) is 12.8 Å². The highest BCUT2D eigenvalue weighted by molar-refractivity contribution is 5.38. The number of benzene rings is 1. The van der Waals surface area contributed by atoms with Crippen LogP contribution >= 0.6 is 0 Å². The van der Waals surface area contributed by atoms with Gasteiger partial charge in [-0.15, -0.1) is 0 Å². The maximum Gasteiger partial charge on any atom is 0.121 e. The summed E-state index contributed by atoms with van der Waals surface area (Å²) in [6.45, 7) is 4.65. The topological polar surface area (TPSA) is 41.5 Å². The molecule has 0 saturated heterocycles. The van der Waals surface area contributed by atoms with Crippen LogP contribution in [0.1, 0.15) is 37.3 Å². The van der Waals surface area contributed by atoms with Crippen LogP contribution in [0.2, 0.25) is 0 Å². The molecule has 0 radical (unpaired) electrons. The van der Waals surface area contributed by atoms with Crippen molar-refractivity contribution in [3.05, 3.63) is 29.3 Å². The largest absolute Gasteiger partial charge is 0.496 e. The van der Waals surface area contributed by atoms with E-state index in [1.807, 2.05) is 32.0 Å².